The van der Waals surface area contributed by atoms with Crippen molar-refractivity contribution in [3.8, 4) is 0 Å². The number of hydrogen-bond acceptors (Lipinski definition) is 5. The molecule has 0 spiro atoms. The molecule has 5 nitrogen and oxygen atoms in total. The fourth-order valence-electron chi connectivity index (χ4n) is 2.32. The standard InChI is InChI=1S/C17H22N4O/c1-4-21(5-2)13-8-6-12(7-9-13)20-16-11-17(22-3)15(19)10-14(16)18/h6-11,19H,4-5,18H2,1-3H3. The number of benzene rings is 1. The Kier molecular flexibility index (Phi) is 4.99. The molecule has 0 radical (unpaired) electrons. The monoisotopic (exact) mass is 298 g/mol. The van der Waals surface area contributed by atoms with Crippen LogP contribution in [-0.4, -0.2) is 31.6 Å². The van der Waals surface area contributed by atoms with E-state index in [0.717, 1.165) is 18.8 Å². The summed E-state index contributed by atoms with van der Waals surface area (Å²) in [6.07, 6.45) is 3.25. The molecule has 3 N–H and O–H groups in total. The Labute approximate surface area is 131 Å². The van der Waals surface area contributed by atoms with Gasteiger partial charge in [-0.15, -0.1) is 0 Å². The number of hydrogen-bond donors (Lipinski definition) is 2. The molecule has 0 saturated carbocycles. The van der Waals surface area contributed by atoms with Crippen LogP contribution in [0.1, 0.15) is 13.8 Å². The zero-order valence-electron chi connectivity index (χ0n) is 13.3. The van der Waals surface area contributed by atoms with Gasteiger partial charge in [-0.3, -0.25) is 5.41 Å². The van der Waals surface area contributed by atoms with E-state index >= 15 is 0 Å². The Balaban J connectivity index is 2.27. The lowest BCUT2D eigenvalue weighted by Crippen LogP contribution is -2.21. The highest BCUT2D eigenvalue weighted by molar-refractivity contribution is 6.22. The van der Waals surface area contributed by atoms with Gasteiger partial charge in [-0.2, -0.15) is 0 Å². The lowest BCUT2D eigenvalue weighted by molar-refractivity contribution is 0.315. The number of rotatable bonds is 5. The molecule has 0 heterocycles. The van der Waals surface area contributed by atoms with Crippen molar-refractivity contribution in [3.05, 3.63) is 47.9 Å². The summed E-state index contributed by atoms with van der Waals surface area (Å²) in [6, 6.07) is 8.04. The van der Waals surface area contributed by atoms with Gasteiger partial charge in [0.2, 0.25) is 0 Å². The lowest BCUT2D eigenvalue weighted by atomic mass is 10.1. The van der Waals surface area contributed by atoms with Gasteiger partial charge < -0.3 is 15.4 Å². The molecule has 0 unspecified atom stereocenters. The quantitative estimate of drug-likeness (QED) is 0.821. The lowest BCUT2D eigenvalue weighted by Gasteiger charge is -2.20. The van der Waals surface area contributed by atoms with Crippen LogP contribution in [-0.2, 0) is 4.74 Å². The molecule has 0 amide bonds. The molecule has 22 heavy (non-hydrogen) atoms. The molecule has 0 atom stereocenters. The molecule has 2 rings (SSSR count). The molecular weight excluding hydrogens is 276 g/mol. The Bertz CT molecular complexity index is 637. The maximum absolute atomic E-state index is 7.75. The average molecular weight is 298 g/mol. The van der Waals surface area contributed by atoms with Crippen molar-refractivity contribution >= 4 is 22.8 Å². The molecule has 5 heteroatoms. The number of nitrogens with two attached hydrogens (primary N) is 1. The van der Waals surface area contributed by atoms with E-state index in [0.29, 0.717) is 17.2 Å². The third-order valence-corrected chi connectivity index (χ3v) is 3.58. The first kappa shape index (κ1) is 15.8. The third-order valence-electron chi connectivity index (χ3n) is 3.58. The first-order valence-electron chi connectivity index (χ1n) is 7.34. The fraction of sp³-hybridized carbons (Fsp3) is 0.294. The van der Waals surface area contributed by atoms with Crippen molar-refractivity contribution < 1.29 is 4.74 Å². The van der Waals surface area contributed by atoms with Gasteiger partial charge in [0.15, 0.2) is 0 Å². The van der Waals surface area contributed by atoms with Gasteiger partial charge >= 0.3 is 0 Å². The second-order valence-corrected chi connectivity index (χ2v) is 4.91. The number of ether oxygens (including phenoxy) is 1. The molecule has 0 aromatic heterocycles. The first-order chi connectivity index (χ1) is 10.6. The number of allylic oxidation sites excluding steroid dienone is 2. The predicted octanol–water partition coefficient (Wildman–Crippen LogP) is 3.01. The van der Waals surface area contributed by atoms with E-state index in [2.05, 4.69) is 35.9 Å². The van der Waals surface area contributed by atoms with Gasteiger partial charge in [0.25, 0.3) is 0 Å². The fourth-order valence-corrected chi connectivity index (χ4v) is 2.32. The molecule has 1 aliphatic rings. The molecule has 0 saturated heterocycles. The predicted molar refractivity (Wildman–Crippen MR) is 92.2 cm³/mol. The van der Waals surface area contributed by atoms with Crippen LogP contribution < -0.4 is 10.6 Å². The van der Waals surface area contributed by atoms with E-state index < -0.39 is 0 Å². The van der Waals surface area contributed by atoms with Crippen LogP contribution in [0.3, 0.4) is 0 Å². The van der Waals surface area contributed by atoms with Gasteiger partial charge in [-0.25, -0.2) is 4.99 Å². The van der Waals surface area contributed by atoms with Gasteiger partial charge in [-0.1, -0.05) is 0 Å². The molecule has 1 aliphatic carbocycles. The molecule has 1 aromatic carbocycles. The highest BCUT2D eigenvalue weighted by Crippen LogP contribution is 2.21. The van der Waals surface area contributed by atoms with E-state index in [1.165, 1.54) is 12.8 Å². The summed E-state index contributed by atoms with van der Waals surface area (Å²) in [7, 11) is 1.53. The van der Waals surface area contributed by atoms with Crippen LogP contribution >= 0.6 is 0 Å². The van der Waals surface area contributed by atoms with Crippen molar-refractivity contribution in [2.24, 2.45) is 10.7 Å². The minimum Gasteiger partial charge on any atom is -0.494 e. The number of nitrogens with zero attached hydrogens (tertiary/aromatic N) is 2. The minimum atomic E-state index is 0.260. The zero-order chi connectivity index (χ0) is 16.1. The van der Waals surface area contributed by atoms with Crippen LogP contribution in [0.15, 0.2) is 52.9 Å². The Morgan fingerprint density at radius 1 is 1.14 bits per heavy atom. The van der Waals surface area contributed by atoms with E-state index in [1.54, 1.807) is 12.2 Å². The number of anilines is 1. The molecule has 116 valence electrons. The van der Waals surface area contributed by atoms with Crippen LogP contribution in [0.2, 0.25) is 0 Å². The van der Waals surface area contributed by atoms with Crippen molar-refractivity contribution in [1.82, 2.24) is 0 Å². The largest absolute Gasteiger partial charge is 0.494 e. The summed E-state index contributed by atoms with van der Waals surface area (Å²) in [6.45, 7) is 6.22. The van der Waals surface area contributed by atoms with E-state index in [4.69, 9.17) is 15.9 Å². The molecule has 0 bridgehead atoms. The maximum Gasteiger partial charge on any atom is 0.146 e. The summed E-state index contributed by atoms with van der Waals surface area (Å²) in [5, 5.41) is 7.75. The minimum absolute atomic E-state index is 0.260. The molecule has 1 aromatic rings. The van der Waals surface area contributed by atoms with Crippen molar-refractivity contribution in [3.63, 3.8) is 0 Å². The van der Waals surface area contributed by atoms with Gasteiger partial charge in [-0.05, 0) is 44.2 Å². The van der Waals surface area contributed by atoms with Gasteiger partial charge in [0, 0.05) is 24.9 Å². The molecule has 0 aliphatic heterocycles. The first-order valence-corrected chi connectivity index (χ1v) is 7.34. The summed E-state index contributed by atoms with van der Waals surface area (Å²) in [4.78, 5) is 6.81. The summed E-state index contributed by atoms with van der Waals surface area (Å²) < 4.78 is 5.15. The highest BCUT2D eigenvalue weighted by atomic mass is 16.5. The summed E-state index contributed by atoms with van der Waals surface area (Å²) >= 11 is 0. The zero-order valence-corrected chi connectivity index (χ0v) is 13.3. The van der Waals surface area contributed by atoms with Crippen LogP contribution in [0.4, 0.5) is 11.4 Å². The Morgan fingerprint density at radius 3 is 2.32 bits per heavy atom. The SMILES string of the molecule is CCN(CC)c1ccc(N=C2C=C(OC)C(=N)C=C2N)cc1. The summed E-state index contributed by atoms with van der Waals surface area (Å²) in [5.74, 6) is 0.465. The van der Waals surface area contributed by atoms with Crippen LogP contribution in [0, 0.1) is 5.41 Å². The Morgan fingerprint density at radius 2 is 1.77 bits per heavy atom. The normalized spacial score (nSPS) is 16.3. The number of nitrogens with one attached hydrogen (secondary N) is 1. The van der Waals surface area contributed by atoms with E-state index in [9.17, 15) is 0 Å². The third kappa shape index (κ3) is 3.36. The van der Waals surface area contributed by atoms with E-state index in [-0.39, 0.29) is 5.71 Å². The second-order valence-electron chi connectivity index (χ2n) is 4.91. The van der Waals surface area contributed by atoms with Crippen LogP contribution in [0.5, 0.6) is 0 Å². The molecular formula is C17H22N4O. The van der Waals surface area contributed by atoms with Crippen LogP contribution in [0.25, 0.3) is 0 Å². The number of aliphatic imine (C=N–C) groups is 1. The second kappa shape index (κ2) is 6.93. The molecule has 0 fully saturated rings. The average Bonchev–Trinajstić information content (AvgIpc) is 2.52. The van der Waals surface area contributed by atoms with Crippen molar-refractivity contribution in [2.45, 2.75) is 13.8 Å². The summed E-state index contributed by atoms with van der Waals surface area (Å²) in [5.41, 5.74) is 9.28. The van der Waals surface area contributed by atoms with Crippen molar-refractivity contribution in [2.75, 3.05) is 25.1 Å². The number of methoxy groups -OCH3 is 1. The van der Waals surface area contributed by atoms with Crippen molar-refractivity contribution in [1.29, 1.82) is 5.41 Å². The topological polar surface area (TPSA) is 74.7 Å². The Hall–Kier alpha value is -2.56. The van der Waals surface area contributed by atoms with Gasteiger partial charge in [0.1, 0.15) is 5.76 Å². The van der Waals surface area contributed by atoms with Gasteiger partial charge in [0.05, 0.1) is 29.9 Å². The van der Waals surface area contributed by atoms with E-state index in [1.807, 2.05) is 12.1 Å². The highest BCUT2D eigenvalue weighted by Gasteiger charge is 2.14. The maximum atomic E-state index is 7.75. The smallest absolute Gasteiger partial charge is 0.146 e.